The lowest BCUT2D eigenvalue weighted by molar-refractivity contribution is 0.0684. The first-order valence-electron chi connectivity index (χ1n) is 5.92. The fourth-order valence-corrected chi connectivity index (χ4v) is 3.05. The van der Waals surface area contributed by atoms with Crippen LogP contribution in [0.2, 0.25) is 5.02 Å². The summed E-state index contributed by atoms with van der Waals surface area (Å²) >= 11 is 15.2. The van der Waals surface area contributed by atoms with Crippen molar-refractivity contribution < 1.29 is 4.79 Å². The lowest BCUT2D eigenvalue weighted by atomic mass is 9.99. The SMILES string of the molecule is O=C(c1cc(Cl)ccc1Br)N1CCCC(CCl)C1. The number of amides is 1. The van der Waals surface area contributed by atoms with Crippen molar-refractivity contribution in [2.24, 2.45) is 5.92 Å². The zero-order valence-corrected chi connectivity index (χ0v) is 12.9. The van der Waals surface area contributed by atoms with Gasteiger partial charge in [-0.05, 0) is 52.9 Å². The van der Waals surface area contributed by atoms with Crippen LogP contribution in [0.1, 0.15) is 23.2 Å². The molecule has 1 aliphatic heterocycles. The molecule has 0 spiro atoms. The van der Waals surface area contributed by atoms with Gasteiger partial charge in [0.2, 0.25) is 0 Å². The van der Waals surface area contributed by atoms with Crippen LogP contribution in [-0.2, 0) is 0 Å². The van der Waals surface area contributed by atoms with E-state index in [0.29, 0.717) is 22.4 Å². The number of rotatable bonds is 2. The van der Waals surface area contributed by atoms with Crippen LogP contribution in [0, 0.1) is 5.92 Å². The van der Waals surface area contributed by atoms with Crippen LogP contribution in [0.25, 0.3) is 0 Å². The molecule has 1 aromatic carbocycles. The van der Waals surface area contributed by atoms with E-state index in [4.69, 9.17) is 23.2 Å². The maximum Gasteiger partial charge on any atom is 0.255 e. The highest BCUT2D eigenvalue weighted by Gasteiger charge is 2.25. The van der Waals surface area contributed by atoms with Gasteiger partial charge in [-0.25, -0.2) is 0 Å². The number of benzene rings is 1. The lowest BCUT2D eigenvalue weighted by Gasteiger charge is -2.32. The zero-order valence-electron chi connectivity index (χ0n) is 9.83. The zero-order chi connectivity index (χ0) is 13.1. The number of halogens is 3. The van der Waals surface area contributed by atoms with Crippen LogP contribution in [0.15, 0.2) is 22.7 Å². The molecule has 1 unspecified atom stereocenters. The molecule has 2 nitrogen and oxygen atoms in total. The fourth-order valence-electron chi connectivity index (χ4n) is 2.21. The lowest BCUT2D eigenvalue weighted by Crippen LogP contribution is -2.40. The predicted octanol–water partition coefficient (Wildman–Crippen LogP) is 4.19. The van der Waals surface area contributed by atoms with Crippen molar-refractivity contribution >= 4 is 45.0 Å². The van der Waals surface area contributed by atoms with Crippen molar-refractivity contribution in [2.75, 3.05) is 19.0 Å². The van der Waals surface area contributed by atoms with Crippen LogP contribution in [0.4, 0.5) is 0 Å². The molecule has 1 atom stereocenters. The van der Waals surface area contributed by atoms with Gasteiger partial charge < -0.3 is 4.90 Å². The maximum absolute atomic E-state index is 12.4. The molecule has 0 bridgehead atoms. The van der Waals surface area contributed by atoms with E-state index in [9.17, 15) is 4.79 Å². The first-order valence-corrected chi connectivity index (χ1v) is 7.62. The third-order valence-corrected chi connectivity index (χ3v) is 4.55. The Morgan fingerprint density at radius 1 is 1.50 bits per heavy atom. The molecule has 0 saturated carbocycles. The van der Waals surface area contributed by atoms with E-state index < -0.39 is 0 Å². The van der Waals surface area contributed by atoms with Gasteiger partial charge in [0.05, 0.1) is 5.56 Å². The quantitative estimate of drug-likeness (QED) is 0.732. The number of alkyl halides is 1. The monoisotopic (exact) mass is 349 g/mol. The highest BCUT2D eigenvalue weighted by atomic mass is 79.9. The summed E-state index contributed by atoms with van der Waals surface area (Å²) in [6, 6.07) is 5.27. The number of piperidine rings is 1. The van der Waals surface area contributed by atoms with E-state index in [1.165, 1.54) is 0 Å². The van der Waals surface area contributed by atoms with Crippen molar-refractivity contribution in [3.05, 3.63) is 33.3 Å². The summed E-state index contributed by atoms with van der Waals surface area (Å²) < 4.78 is 0.782. The Hall–Kier alpha value is -0.250. The van der Waals surface area contributed by atoms with Crippen LogP contribution >= 0.6 is 39.1 Å². The van der Waals surface area contributed by atoms with E-state index in [2.05, 4.69) is 15.9 Å². The number of likely N-dealkylation sites (tertiary alicyclic amines) is 1. The Labute approximate surface area is 125 Å². The Morgan fingerprint density at radius 2 is 2.28 bits per heavy atom. The van der Waals surface area contributed by atoms with Gasteiger partial charge in [0.15, 0.2) is 0 Å². The molecule has 0 aliphatic carbocycles. The maximum atomic E-state index is 12.4. The minimum atomic E-state index is 0.0270. The second kappa shape index (κ2) is 6.27. The average molecular weight is 351 g/mol. The molecule has 18 heavy (non-hydrogen) atoms. The highest BCUT2D eigenvalue weighted by Crippen LogP contribution is 2.25. The molecular formula is C13H14BrCl2NO. The van der Waals surface area contributed by atoms with Gasteiger partial charge in [-0.2, -0.15) is 0 Å². The molecule has 1 heterocycles. The number of hydrogen-bond acceptors (Lipinski definition) is 1. The topological polar surface area (TPSA) is 20.3 Å². The van der Waals surface area contributed by atoms with E-state index in [1.54, 1.807) is 18.2 Å². The number of carbonyl (C=O) groups excluding carboxylic acids is 1. The van der Waals surface area contributed by atoms with Crippen molar-refractivity contribution in [2.45, 2.75) is 12.8 Å². The van der Waals surface area contributed by atoms with Gasteiger partial charge in [-0.15, -0.1) is 11.6 Å². The van der Waals surface area contributed by atoms with Crippen molar-refractivity contribution in [1.29, 1.82) is 0 Å². The van der Waals surface area contributed by atoms with Crippen molar-refractivity contribution in [3.8, 4) is 0 Å². The average Bonchev–Trinajstić information content (AvgIpc) is 2.41. The van der Waals surface area contributed by atoms with E-state index >= 15 is 0 Å². The third kappa shape index (κ3) is 3.19. The summed E-state index contributed by atoms with van der Waals surface area (Å²) in [5.74, 6) is 1.04. The molecule has 2 rings (SSSR count). The van der Waals surface area contributed by atoms with Crippen molar-refractivity contribution in [3.63, 3.8) is 0 Å². The normalized spacial score (nSPS) is 19.9. The van der Waals surface area contributed by atoms with Crippen LogP contribution in [0.5, 0.6) is 0 Å². The Kier molecular flexibility index (Phi) is 4.93. The van der Waals surface area contributed by atoms with Gasteiger partial charge in [-0.3, -0.25) is 4.79 Å². The van der Waals surface area contributed by atoms with E-state index in [-0.39, 0.29) is 5.91 Å². The Morgan fingerprint density at radius 3 is 3.00 bits per heavy atom. The van der Waals surface area contributed by atoms with Gasteiger partial charge in [0.25, 0.3) is 5.91 Å². The molecule has 1 saturated heterocycles. The number of nitrogens with zero attached hydrogens (tertiary/aromatic N) is 1. The van der Waals surface area contributed by atoms with Gasteiger partial charge in [0, 0.05) is 28.5 Å². The second-order valence-corrected chi connectivity index (χ2v) is 6.14. The molecule has 0 N–H and O–H groups in total. The molecule has 98 valence electrons. The highest BCUT2D eigenvalue weighted by molar-refractivity contribution is 9.10. The summed E-state index contributed by atoms with van der Waals surface area (Å²) in [7, 11) is 0. The van der Waals surface area contributed by atoms with Gasteiger partial charge in [0.1, 0.15) is 0 Å². The predicted molar refractivity (Wildman–Crippen MR) is 78.5 cm³/mol. The largest absolute Gasteiger partial charge is 0.338 e. The summed E-state index contributed by atoms with van der Waals surface area (Å²) in [5.41, 5.74) is 0.623. The molecule has 0 aromatic heterocycles. The molecule has 1 aliphatic rings. The van der Waals surface area contributed by atoms with Gasteiger partial charge >= 0.3 is 0 Å². The summed E-state index contributed by atoms with van der Waals surface area (Å²) in [6.07, 6.45) is 2.12. The molecule has 1 amide bonds. The van der Waals surface area contributed by atoms with Crippen LogP contribution < -0.4 is 0 Å². The Bertz CT molecular complexity index is 453. The Balaban J connectivity index is 2.17. The second-order valence-electron chi connectivity index (χ2n) is 4.54. The fraction of sp³-hybridized carbons (Fsp3) is 0.462. The summed E-state index contributed by atoms with van der Waals surface area (Å²) in [5, 5.41) is 0.576. The molecule has 5 heteroatoms. The first kappa shape index (κ1) is 14.2. The molecule has 1 fully saturated rings. The van der Waals surface area contributed by atoms with Crippen molar-refractivity contribution in [1.82, 2.24) is 4.90 Å². The third-order valence-electron chi connectivity index (χ3n) is 3.18. The number of carbonyl (C=O) groups is 1. The first-order chi connectivity index (χ1) is 8.61. The standard InChI is InChI=1S/C13H14BrCl2NO/c14-12-4-3-10(16)6-11(12)13(18)17-5-1-2-9(7-15)8-17/h3-4,6,9H,1-2,5,7-8H2. The molecular weight excluding hydrogens is 337 g/mol. The van der Waals surface area contributed by atoms with Gasteiger partial charge in [-0.1, -0.05) is 11.6 Å². The van der Waals surface area contributed by atoms with E-state index in [1.807, 2.05) is 4.90 Å². The van der Waals surface area contributed by atoms with E-state index in [0.717, 1.165) is 30.4 Å². The minimum Gasteiger partial charge on any atom is -0.338 e. The van der Waals surface area contributed by atoms with Crippen LogP contribution in [0.3, 0.4) is 0 Å². The minimum absolute atomic E-state index is 0.0270. The molecule has 1 aromatic rings. The smallest absolute Gasteiger partial charge is 0.255 e. The summed E-state index contributed by atoms with van der Waals surface area (Å²) in [6.45, 7) is 1.53. The molecule has 0 radical (unpaired) electrons. The summed E-state index contributed by atoms with van der Waals surface area (Å²) in [4.78, 5) is 14.3. The van der Waals surface area contributed by atoms with Crippen LogP contribution in [-0.4, -0.2) is 29.8 Å². The number of hydrogen-bond donors (Lipinski definition) is 0.